The Labute approximate surface area is 295 Å². The van der Waals surface area contributed by atoms with E-state index in [1.807, 2.05) is 0 Å². The Hall–Kier alpha value is -5.70. The fourth-order valence-corrected chi connectivity index (χ4v) is 5.95. The highest BCUT2D eigenvalue weighted by Gasteiger charge is 2.70. The zero-order chi connectivity index (χ0) is 39.2. The summed E-state index contributed by atoms with van der Waals surface area (Å²) in [6, 6.07) is -3.50. The first kappa shape index (κ1) is 40.7. The van der Waals surface area contributed by atoms with Crippen molar-refractivity contribution in [3.05, 3.63) is 0 Å². The number of hydrogen-bond acceptors (Lipinski definition) is 20. The first-order chi connectivity index (χ1) is 24.2. The molecule has 0 unspecified atom stereocenters. The van der Waals surface area contributed by atoms with Gasteiger partial charge in [0.15, 0.2) is 36.6 Å². The van der Waals surface area contributed by atoms with Gasteiger partial charge in [-0.15, -0.1) is 0 Å². The molecule has 0 aliphatic carbocycles. The molecule has 0 aromatic heterocycles. The molecular weight excluding hydrogens is 708 g/mol. The number of carbonyl (C=O) groups excluding carboxylic acids is 10. The highest BCUT2D eigenvalue weighted by Crippen LogP contribution is 2.44. The normalized spacial score (nSPS) is 25.3. The van der Waals surface area contributed by atoms with E-state index in [1.54, 1.807) is 0 Å². The van der Waals surface area contributed by atoms with Crippen molar-refractivity contribution in [2.24, 2.45) is 0 Å². The molecule has 0 saturated carbocycles. The molecule has 288 valence electrons. The van der Waals surface area contributed by atoms with E-state index in [4.69, 9.17) is 47.4 Å². The average Bonchev–Trinajstić information content (AvgIpc) is 3.52. The Morgan fingerprint density at radius 3 is 1.06 bits per heavy atom. The van der Waals surface area contributed by atoms with Gasteiger partial charge in [-0.25, -0.2) is 9.59 Å². The van der Waals surface area contributed by atoms with Gasteiger partial charge in [0.05, 0.1) is 0 Å². The molecule has 3 heterocycles. The van der Waals surface area contributed by atoms with Gasteiger partial charge >= 0.3 is 59.9 Å². The Kier molecular flexibility index (Phi) is 13.3. The molecule has 0 spiro atoms. The van der Waals surface area contributed by atoms with Crippen LogP contribution in [0, 0.1) is 0 Å². The second kappa shape index (κ2) is 17.0. The van der Waals surface area contributed by atoms with Crippen molar-refractivity contribution in [3.63, 3.8) is 0 Å². The minimum Gasteiger partial charge on any atom is -0.462 e. The lowest BCUT2D eigenvalue weighted by Gasteiger charge is -2.49. The molecular formula is C30H38N2O20. The number of hydrogen-bond donors (Lipinski definition) is 0. The number of amides is 2. The molecule has 0 N–H and O–H groups in total. The number of nitrogens with zero attached hydrogens (tertiary/aromatic N) is 2. The van der Waals surface area contributed by atoms with Gasteiger partial charge in [0, 0.05) is 55.4 Å². The molecule has 3 saturated heterocycles. The van der Waals surface area contributed by atoms with Gasteiger partial charge in [0.1, 0.15) is 25.3 Å². The third kappa shape index (κ3) is 9.75. The molecule has 10 atom stereocenters. The minimum atomic E-state index is -1.94. The Bertz CT molecular complexity index is 1370. The maximum atomic E-state index is 13.8. The van der Waals surface area contributed by atoms with Crippen LogP contribution in [0.25, 0.3) is 0 Å². The van der Waals surface area contributed by atoms with Gasteiger partial charge in [0.25, 0.3) is 0 Å². The van der Waals surface area contributed by atoms with Crippen LogP contribution >= 0.6 is 0 Å². The fraction of sp³-hybridized carbons (Fsp3) is 0.667. The fourth-order valence-electron chi connectivity index (χ4n) is 5.95. The molecule has 52 heavy (non-hydrogen) atoms. The maximum absolute atomic E-state index is 13.8. The Balaban J connectivity index is 2.27. The third-order valence-electron chi connectivity index (χ3n) is 7.44. The Morgan fingerprint density at radius 1 is 0.500 bits per heavy atom. The summed E-state index contributed by atoms with van der Waals surface area (Å²) < 4.78 is 53.6. The molecule has 0 aromatic carbocycles. The number of ether oxygens (including phenoxy) is 10. The van der Waals surface area contributed by atoms with Crippen molar-refractivity contribution < 1.29 is 95.3 Å². The van der Waals surface area contributed by atoms with Crippen LogP contribution < -0.4 is 0 Å². The molecule has 3 fully saturated rings. The summed E-state index contributed by atoms with van der Waals surface area (Å²) in [5, 5.41) is 0. The zero-order valence-corrected chi connectivity index (χ0v) is 29.2. The maximum Gasteiger partial charge on any atom is 0.413 e. The molecule has 0 radical (unpaired) electrons. The highest BCUT2D eigenvalue weighted by atomic mass is 16.7. The van der Waals surface area contributed by atoms with Crippen molar-refractivity contribution in [3.8, 4) is 0 Å². The second-order valence-electron chi connectivity index (χ2n) is 11.5. The zero-order valence-electron chi connectivity index (χ0n) is 29.2. The second-order valence-corrected chi connectivity index (χ2v) is 11.5. The van der Waals surface area contributed by atoms with E-state index in [-0.39, 0.29) is 0 Å². The van der Waals surface area contributed by atoms with E-state index >= 15 is 0 Å². The number of esters is 8. The molecule has 3 rings (SSSR count). The van der Waals surface area contributed by atoms with Gasteiger partial charge in [-0.3, -0.25) is 48.2 Å². The Morgan fingerprint density at radius 2 is 0.808 bits per heavy atom. The number of piperazine rings is 1. The third-order valence-corrected chi connectivity index (χ3v) is 7.44. The minimum absolute atomic E-state index is 0.723. The van der Waals surface area contributed by atoms with Crippen LogP contribution in [0.1, 0.15) is 55.4 Å². The van der Waals surface area contributed by atoms with Gasteiger partial charge in [0.2, 0.25) is 12.5 Å². The summed E-state index contributed by atoms with van der Waals surface area (Å²) in [5.74, 6) is -7.70. The quantitative estimate of drug-likeness (QED) is 0.152. The van der Waals surface area contributed by atoms with Crippen LogP contribution in [-0.4, -0.2) is 144 Å². The van der Waals surface area contributed by atoms with Crippen LogP contribution in [0.5, 0.6) is 0 Å². The van der Waals surface area contributed by atoms with E-state index in [9.17, 15) is 47.9 Å². The molecule has 3 aliphatic heterocycles. The SMILES string of the molecule is CC(=O)OC[C@@H](OC(C)=O)[C@@H](OC(C)=O)[C@@H]1OC(=O)N2[C@H]1[C@@H](OC(C)=O)N1C(=O)O[C@@H]([C@H](OC(C)=O)[C@@H](COC(C)=O)OC(C)=O)[C@@H]1[C@H]2OC(C)=O. The first-order valence-electron chi connectivity index (χ1n) is 15.5. The van der Waals surface area contributed by atoms with Crippen LogP contribution in [-0.2, 0) is 85.7 Å². The van der Waals surface area contributed by atoms with E-state index in [1.165, 1.54) is 0 Å². The van der Waals surface area contributed by atoms with E-state index in [0.717, 1.165) is 65.2 Å². The van der Waals surface area contributed by atoms with E-state index in [2.05, 4.69) is 0 Å². The van der Waals surface area contributed by atoms with E-state index < -0.39 is 134 Å². The molecule has 22 heteroatoms. The van der Waals surface area contributed by atoms with Crippen molar-refractivity contribution in [1.29, 1.82) is 0 Å². The average molecular weight is 747 g/mol. The first-order valence-corrected chi connectivity index (χ1v) is 15.5. The number of fused-ring (bicyclic) bond motifs is 2. The van der Waals surface area contributed by atoms with E-state index in [0.29, 0.717) is 0 Å². The monoisotopic (exact) mass is 746 g/mol. The van der Waals surface area contributed by atoms with Crippen LogP contribution in [0.3, 0.4) is 0 Å². The predicted octanol–water partition coefficient (Wildman–Crippen LogP) is -0.990. The largest absolute Gasteiger partial charge is 0.462 e. The summed E-state index contributed by atoms with van der Waals surface area (Å²) in [4.78, 5) is 126. The summed E-state index contributed by atoms with van der Waals surface area (Å²) in [5.41, 5.74) is 0. The van der Waals surface area contributed by atoms with Crippen LogP contribution in [0.2, 0.25) is 0 Å². The molecule has 0 bridgehead atoms. The summed E-state index contributed by atoms with van der Waals surface area (Å²) in [6.45, 7) is 6.32. The topological polar surface area (TPSA) is 269 Å². The van der Waals surface area contributed by atoms with Gasteiger partial charge in [-0.1, -0.05) is 0 Å². The highest BCUT2D eigenvalue weighted by molar-refractivity contribution is 5.78. The summed E-state index contributed by atoms with van der Waals surface area (Å²) in [7, 11) is 0. The van der Waals surface area contributed by atoms with Gasteiger partial charge in [-0.05, 0) is 0 Å². The van der Waals surface area contributed by atoms with Gasteiger partial charge in [-0.2, -0.15) is 0 Å². The van der Waals surface area contributed by atoms with Crippen LogP contribution in [0.15, 0.2) is 0 Å². The standard InChI is InChI=1S/C30H38N2O20/c1-11(33)43-9-19(45-13(3)35)23(47-15(5)37)25-21-27(49-17(7)39)32-22(28(50-18(8)40)31(21)29(41)51-25)26(52-30(32)42)24(48-16(6)38)20(46-14(4)36)10-44-12(2)34/h19-28H,9-10H2,1-8H3/t19-,20-,21-,22-,23-,24-,25-,26-,27-,28-/m1/s1. The molecule has 22 nitrogen and oxygen atoms in total. The van der Waals surface area contributed by atoms with Crippen molar-refractivity contribution in [2.45, 2.75) is 117 Å². The molecule has 2 amide bonds. The van der Waals surface area contributed by atoms with Crippen molar-refractivity contribution >= 4 is 59.9 Å². The van der Waals surface area contributed by atoms with Gasteiger partial charge < -0.3 is 47.4 Å². The summed E-state index contributed by atoms with van der Waals surface area (Å²) >= 11 is 0. The van der Waals surface area contributed by atoms with Crippen molar-refractivity contribution in [1.82, 2.24) is 9.80 Å². The smallest absolute Gasteiger partial charge is 0.413 e. The predicted molar refractivity (Wildman–Crippen MR) is 158 cm³/mol. The lowest BCUT2D eigenvalue weighted by Crippen LogP contribution is -2.73. The lowest BCUT2D eigenvalue weighted by molar-refractivity contribution is -0.218. The molecule has 0 aromatic rings. The number of rotatable bonds is 14. The van der Waals surface area contributed by atoms with Crippen molar-refractivity contribution in [2.75, 3.05) is 13.2 Å². The number of cyclic esters (lactones) is 2. The number of carbonyl (C=O) groups is 10. The lowest BCUT2D eigenvalue weighted by atomic mass is 9.90. The molecule has 3 aliphatic rings. The summed E-state index contributed by atoms with van der Waals surface area (Å²) in [6.07, 6.45) is -17.1. The van der Waals surface area contributed by atoms with Crippen LogP contribution in [0.4, 0.5) is 9.59 Å².